The molecule has 0 fully saturated rings. The summed E-state index contributed by atoms with van der Waals surface area (Å²) in [5.74, 6) is -0.399. The number of carbonyl (C=O) groups is 1. The van der Waals surface area contributed by atoms with Crippen LogP contribution in [0.1, 0.15) is 16.1 Å². The van der Waals surface area contributed by atoms with Crippen LogP contribution in [0.4, 0.5) is 0 Å². The number of aromatic nitrogens is 2. The summed E-state index contributed by atoms with van der Waals surface area (Å²) < 4.78 is 6.87. The third-order valence-electron chi connectivity index (χ3n) is 3.44. The van der Waals surface area contributed by atoms with Crippen molar-refractivity contribution in [1.82, 2.24) is 9.78 Å². The van der Waals surface area contributed by atoms with Gasteiger partial charge in [0.2, 0.25) is 0 Å². The minimum Gasteiger partial charge on any atom is -0.456 e. The van der Waals surface area contributed by atoms with Gasteiger partial charge in [-0.15, -0.1) is 0 Å². The van der Waals surface area contributed by atoms with Crippen molar-refractivity contribution in [3.05, 3.63) is 76.9 Å². The zero-order valence-electron chi connectivity index (χ0n) is 12.6. The zero-order valence-corrected chi connectivity index (χ0v) is 13.3. The molecular formula is C18H15ClN2O2. The van der Waals surface area contributed by atoms with Crippen molar-refractivity contribution in [3.63, 3.8) is 0 Å². The summed E-state index contributed by atoms with van der Waals surface area (Å²) in [6.07, 6.45) is 0. The molecule has 0 aliphatic carbocycles. The van der Waals surface area contributed by atoms with Crippen LogP contribution in [0.5, 0.6) is 0 Å². The Balaban J connectivity index is 1.75. The van der Waals surface area contributed by atoms with Crippen LogP contribution in [0.25, 0.3) is 11.3 Å². The summed E-state index contributed by atoms with van der Waals surface area (Å²) in [6.45, 7) is 0.237. The lowest BCUT2D eigenvalue weighted by Crippen LogP contribution is -2.10. The fraction of sp³-hybridized carbons (Fsp3) is 0.111. The van der Waals surface area contributed by atoms with Gasteiger partial charge >= 0.3 is 5.97 Å². The Morgan fingerprint density at radius 1 is 1.13 bits per heavy atom. The monoisotopic (exact) mass is 326 g/mol. The Morgan fingerprint density at radius 3 is 2.52 bits per heavy atom. The third kappa shape index (κ3) is 3.60. The van der Waals surface area contributed by atoms with Crippen LogP contribution in [0.2, 0.25) is 5.02 Å². The van der Waals surface area contributed by atoms with Crippen LogP contribution < -0.4 is 0 Å². The van der Waals surface area contributed by atoms with Crippen LogP contribution >= 0.6 is 11.6 Å². The number of hydrogen-bond acceptors (Lipinski definition) is 3. The fourth-order valence-electron chi connectivity index (χ4n) is 2.22. The highest BCUT2D eigenvalue weighted by atomic mass is 35.5. The molecule has 0 spiro atoms. The molecule has 0 saturated carbocycles. The number of hydrogen-bond donors (Lipinski definition) is 0. The number of esters is 1. The van der Waals surface area contributed by atoms with Crippen molar-refractivity contribution in [1.29, 1.82) is 0 Å². The van der Waals surface area contributed by atoms with Crippen LogP contribution in [0.3, 0.4) is 0 Å². The average Bonchev–Trinajstić information content (AvgIpc) is 2.96. The van der Waals surface area contributed by atoms with E-state index >= 15 is 0 Å². The van der Waals surface area contributed by atoms with E-state index in [9.17, 15) is 4.79 Å². The number of carbonyl (C=O) groups excluding carboxylic acids is 1. The Morgan fingerprint density at radius 2 is 1.83 bits per heavy atom. The molecule has 0 radical (unpaired) electrons. The van der Waals surface area contributed by atoms with E-state index in [0.717, 1.165) is 11.1 Å². The molecule has 1 aromatic heterocycles. The highest BCUT2D eigenvalue weighted by Crippen LogP contribution is 2.21. The Bertz CT molecular complexity index is 811. The summed E-state index contributed by atoms with van der Waals surface area (Å²) >= 11 is 5.89. The molecule has 0 unspecified atom stereocenters. The average molecular weight is 327 g/mol. The van der Waals surface area contributed by atoms with Gasteiger partial charge in [0.25, 0.3) is 0 Å². The second-order valence-corrected chi connectivity index (χ2v) is 5.54. The van der Waals surface area contributed by atoms with E-state index in [1.165, 1.54) is 4.68 Å². The predicted molar refractivity (Wildman–Crippen MR) is 89.2 cm³/mol. The number of benzene rings is 2. The van der Waals surface area contributed by atoms with Crippen LogP contribution in [-0.2, 0) is 18.4 Å². The van der Waals surface area contributed by atoms with Crippen molar-refractivity contribution in [2.24, 2.45) is 7.05 Å². The molecule has 2 aromatic carbocycles. The molecule has 3 rings (SSSR count). The largest absolute Gasteiger partial charge is 0.456 e. The molecule has 0 aliphatic heterocycles. The molecule has 4 nitrogen and oxygen atoms in total. The van der Waals surface area contributed by atoms with Gasteiger partial charge in [-0.2, -0.15) is 5.10 Å². The van der Waals surface area contributed by atoms with E-state index in [1.54, 1.807) is 25.2 Å². The van der Waals surface area contributed by atoms with Crippen molar-refractivity contribution < 1.29 is 9.53 Å². The highest BCUT2D eigenvalue weighted by molar-refractivity contribution is 6.30. The first-order chi connectivity index (χ1) is 11.1. The molecule has 0 amide bonds. The van der Waals surface area contributed by atoms with Gasteiger partial charge < -0.3 is 4.74 Å². The van der Waals surface area contributed by atoms with E-state index in [0.29, 0.717) is 16.4 Å². The minimum absolute atomic E-state index is 0.237. The van der Waals surface area contributed by atoms with E-state index in [1.807, 2.05) is 42.5 Å². The number of aryl methyl sites for hydroxylation is 1. The van der Waals surface area contributed by atoms with Gasteiger partial charge in [-0.25, -0.2) is 4.79 Å². The smallest absolute Gasteiger partial charge is 0.356 e. The number of halogens is 1. The Hall–Kier alpha value is -2.59. The van der Waals surface area contributed by atoms with E-state index < -0.39 is 5.97 Å². The van der Waals surface area contributed by atoms with Crippen molar-refractivity contribution in [3.8, 4) is 11.3 Å². The van der Waals surface area contributed by atoms with Gasteiger partial charge in [-0.3, -0.25) is 4.68 Å². The SMILES string of the molecule is Cn1nc(-c2ccc(Cl)cc2)cc1C(=O)OCc1ccccc1. The summed E-state index contributed by atoms with van der Waals surface area (Å²) in [4.78, 5) is 12.2. The number of ether oxygens (including phenoxy) is 1. The van der Waals surface area contributed by atoms with Gasteiger partial charge in [-0.05, 0) is 23.8 Å². The molecule has 116 valence electrons. The molecule has 0 saturated heterocycles. The topological polar surface area (TPSA) is 44.1 Å². The molecule has 3 aromatic rings. The van der Waals surface area contributed by atoms with E-state index in [2.05, 4.69) is 5.10 Å². The molecule has 0 N–H and O–H groups in total. The lowest BCUT2D eigenvalue weighted by atomic mass is 10.1. The van der Waals surface area contributed by atoms with Gasteiger partial charge in [0, 0.05) is 17.6 Å². The first-order valence-corrected chi connectivity index (χ1v) is 7.52. The molecule has 23 heavy (non-hydrogen) atoms. The molecule has 5 heteroatoms. The zero-order chi connectivity index (χ0) is 16.2. The Labute approximate surface area is 139 Å². The number of nitrogens with zero attached hydrogens (tertiary/aromatic N) is 2. The molecule has 0 atom stereocenters. The van der Waals surface area contributed by atoms with Crippen LogP contribution in [0, 0.1) is 0 Å². The predicted octanol–water partition coefficient (Wildman–Crippen LogP) is 4.10. The molecule has 0 aliphatic rings. The molecular weight excluding hydrogens is 312 g/mol. The minimum atomic E-state index is -0.399. The second-order valence-electron chi connectivity index (χ2n) is 5.11. The van der Waals surface area contributed by atoms with E-state index in [4.69, 9.17) is 16.3 Å². The van der Waals surface area contributed by atoms with Gasteiger partial charge in [0.15, 0.2) is 0 Å². The summed E-state index contributed by atoms with van der Waals surface area (Å²) in [7, 11) is 1.72. The summed E-state index contributed by atoms with van der Waals surface area (Å²) in [6, 6.07) is 18.6. The lowest BCUT2D eigenvalue weighted by molar-refractivity contribution is 0.0460. The van der Waals surface area contributed by atoms with Gasteiger partial charge in [0.05, 0.1) is 5.69 Å². The summed E-state index contributed by atoms with van der Waals surface area (Å²) in [5, 5.41) is 5.02. The normalized spacial score (nSPS) is 10.5. The molecule has 0 bridgehead atoms. The van der Waals surface area contributed by atoms with Crippen molar-refractivity contribution in [2.75, 3.05) is 0 Å². The highest BCUT2D eigenvalue weighted by Gasteiger charge is 2.15. The van der Waals surface area contributed by atoms with Gasteiger partial charge in [-0.1, -0.05) is 54.1 Å². The van der Waals surface area contributed by atoms with E-state index in [-0.39, 0.29) is 6.61 Å². The standard InChI is InChI=1S/C18H15ClN2O2/c1-21-17(18(22)23-12-13-5-3-2-4-6-13)11-16(20-21)14-7-9-15(19)10-8-14/h2-11H,12H2,1H3. The third-order valence-corrected chi connectivity index (χ3v) is 3.69. The lowest BCUT2D eigenvalue weighted by Gasteiger charge is -2.04. The fourth-order valence-corrected chi connectivity index (χ4v) is 2.34. The van der Waals surface area contributed by atoms with Crippen LogP contribution in [-0.4, -0.2) is 15.7 Å². The summed E-state index contributed by atoms with van der Waals surface area (Å²) in [5.41, 5.74) is 2.95. The van der Waals surface area contributed by atoms with Gasteiger partial charge in [0.1, 0.15) is 12.3 Å². The number of rotatable bonds is 4. The first kappa shape index (κ1) is 15.3. The van der Waals surface area contributed by atoms with Crippen molar-refractivity contribution >= 4 is 17.6 Å². The quantitative estimate of drug-likeness (QED) is 0.678. The first-order valence-electron chi connectivity index (χ1n) is 7.14. The molecule has 1 heterocycles. The second kappa shape index (κ2) is 6.67. The maximum Gasteiger partial charge on any atom is 0.356 e. The maximum absolute atomic E-state index is 12.2. The maximum atomic E-state index is 12.2. The van der Waals surface area contributed by atoms with Crippen LogP contribution in [0.15, 0.2) is 60.7 Å². The Kier molecular flexibility index (Phi) is 4.44. The van der Waals surface area contributed by atoms with Crippen molar-refractivity contribution in [2.45, 2.75) is 6.61 Å².